The van der Waals surface area contributed by atoms with Gasteiger partial charge in [-0.05, 0) is 0 Å². The quantitative estimate of drug-likeness (QED) is 0.228. The molecular formula is C31H59N3OSi4Sn. The number of para-hydroxylation sites is 1. The van der Waals surface area contributed by atoms with Gasteiger partial charge in [0.05, 0.1) is 0 Å². The predicted molar refractivity (Wildman–Crippen MR) is 190 cm³/mol. The van der Waals surface area contributed by atoms with Gasteiger partial charge in [0, 0.05) is 0 Å². The van der Waals surface area contributed by atoms with Gasteiger partial charge in [0.25, 0.3) is 0 Å². The van der Waals surface area contributed by atoms with E-state index in [9.17, 15) is 0 Å². The molecule has 0 spiro atoms. The minimum absolute atomic E-state index is 0.0419. The number of hydrogen-bond acceptors (Lipinski definition) is 4. The molecular weight excluding hydrogens is 661 g/mol. The van der Waals surface area contributed by atoms with Crippen LogP contribution in [0.25, 0.3) is 0 Å². The molecule has 2 aromatic carbocycles. The summed E-state index contributed by atoms with van der Waals surface area (Å²) < 4.78 is 17.3. The second-order valence-electron chi connectivity index (χ2n) is 16.3. The van der Waals surface area contributed by atoms with Gasteiger partial charge in [-0.3, -0.25) is 0 Å². The average Bonchev–Trinajstić information content (AvgIpc) is 2.73. The molecule has 9 heteroatoms. The molecule has 0 aromatic heterocycles. The topological polar surface area (TPSA) is 19.0 Å². The fourth-order valence-corrected chi connectivity index (χ4v) is 73.5. The fourth-order valence-electron chi connectivity index (χ4n) is 7.43. The van der Waals surface area contributed by atoms with Gasteiger partial charge in [0.1, 0.15) is 0 Å². The number of rotatable bonds is 10. The average molecular weight is 721 g/mol. The van der Waals surface area contributed by atoms with E-state index in [1.54, 1.807) is 0 Å². The molecule has 224 valence electrons. The van der Waals surface area contributed by atoms with E-state index in [1.165, 1.54) is 22.4 Å². The zero-order chi connectivity index (χ0) is 30.6. The second kappa shape index (κ2) is 11.7. The van der Waals surface area contributed by atoms with Crippen molar-refractivity contribution in [3.8, 4) is 0 Å². The van der Waals surface area contributed by atoms with Gasteiger partial charge in [-0.2, -0.15) is 0 Å². The third kappa shape index (κ3) is 6.49. The number of benzene rings is 2. The van der Waals surface area contributed by atoms with Crippen molar-refractivity contribution >= 4 is 58.2 Å². The van der Waals surface area contributed by atoms with Gasteiger partial charge < -0.3 is 0 Å². The van der Waals surface area contributed by atoms with E-state index in [0.717, 1.165) is 0 Å². The van der Waals surface area contributed by atoms with Crippen LogP contribution in [0.4, 0.5) is 5.69 Å². The van der Waals surface area contributed by atoms with Crippen LogP contribution >= 0.6 is 0 Å². The molecule has 1 saturated heterocycles. The first-order valence-corrected chi connectivity index (χ1v) is 34.1. The van der Waals surface area contributed by atoms with E-state index in [2.05, 4.69) is 163 Å². The standard InChI is InChI=1S/C19H23NO.2C6H18NSi2.Sn/c1-13(2)16-11-8-12-17(14(3)4)18(16)20-19(21)15-9-6-5-7-10-15;2*1-8(2,3)7-9(4,5)6;/h5-14,19H,1-4H3;2*1-6H3;/q-2;2*-1;+4. The van der Waals surface area contributed by atoms with E-state index in [-0.39, 0.29) is 6.23 Å². The summed E-state index contributed by atoms with van der Waals surface area (Å²) in [5, 5.41) is 0. The van der Waals surface area contributed by atoms with Crippen LogP contribution in [0, 0.1) is 0 Å². The van der Waals surface area contributed by atoms with Crippen molar-refractivity contribution in [2.24, 2.45) is 0 Å². The zero-order valence-corrected chi connectivity index (χ0v) is 35.5. The molecule has 40 heavy (non-hydrogen) atoms. The van der Waals surface area contributed by atoms with Gasteiger partial charge in [-0.25, -0.2) is 0 Å². The summed E-state index contributed by atoms with van der Waals surface area (Å²) in [5.74, 6) is 0.878. The maximum atomic E-state index is 7.91. The van der Waals surface area contributed by atoms with Crippen LogP contribution in [0.3, 0.4) is 0 Å². The van der Waals surface area contributed by atoms with Crippen molar-refractivity contribution in [3.05, 3.63) is 65.2 Å². The Morgan fingerprint density at radius 1 is 0.600 bits per heavy atom. The molecule has 0 aliphatic carbocycles. The molecule has 3 rings (SSSR count). The molecule has 2 aromatic rings. The van der Waals surface area contributed by atoms with Crippen LogP contribution in [-0.2, 0) is 3.07 Å². The van der Waals surface area contributed by atoms with E-state index >= 15 is 0 Å². The molecule has 0 bridgehead atoms. The van der Waals surface area contributed by atoms with Crippen LogP contribution in [-0.4, -0.2) is 57.5 Å². The molecule has 0 N–H and O–H groups in total. The summed E-state index contributed by atoms with van der Waals surface area (Å²) in [7, 11) is -7.27. The van der Waals surface area contributed by atoms with Crippen molar-refractivity contribution in [1.29, 1.82) is 0 Å². The Balaban J connectivity index is 2.60. The molecule has 1 unspecified atom stereocenters. The first kappa shape index (κ1) is 34.3. The first-order valence-electron chi connectivity index (χ1n) is 15.3. The Morgan fingerprint density at radius 2 is 0.975 bits per heavy atom. The summed E-state index contributed by atoms with van der Waals surface area (Å²) in [6.07, 6.45) is -0.0419. The van der Waals surface area contributed by atoms with Gasteiger partial charge >= 0.3 is 259 Å². The van der Waals surface area contributed by atoms with Crippen LogP contribution < -0.4 is 3.12 Å². The Kier molecular flexibility index (Phi) is 10.0. The Bertz CT molecular complexity index is 1080. The van der Waals surface area contributed by atoms with Crippen molar-refractivity contribution < 1.29 is 3.07 Å². The van der Waals surface area contributed by atoms with Crippen LogP contribution in [0.2, 0.25) is 78.6 Å². The molecule has 0 radical (unpaired) electrons. The van der Waals surface area contributed by atoms with E-state index < -0.39 is 52.6 Å². The Morgan fingerprint density at radius 3 is 1.30 bits per heavy atom. The van der Waals surface area contributed by atoms with Crippen molar-refractivity contribution in [2.45, 2.75) is 124 Å². The molecule has 4 nitrogen and oxygen atoms in total. The summed E-state index contributed by atoms with van der Waals surface area (Å²) in [6, 6.07) is 18.2. The van der Waals surface area contributed by atoms with Crippen molar-refractivity contribution in [1.82, 2.24) is 4.91 Å². The number of hydrogen-bond donors (Lipinski definition) is 0. The zero-order valence-electron chi connectivity index (χ0n) is 28.6. The normalized spacial score (nSPS) is 18.7. The van der Waals surface area contributed by atoms with Gasteiger partial charge in [0.15, 0.2) is 0 Å². The molecule has 1 atom stereocenters. The third-order valence-electron chi connectivity index (χ3n) is 7.75. The molecule has 1 aliphatic heterocycles. The fraction of sp³-hybridized carbons (Fsp3) is 0.613. The monoisotopic (exact) mass is 721 g/mol. The summed E-state index contributed by atoms with van der Waals surface area (Å²) in [5.41, 5.74) is 5.74. The Labute approximate surface area is 257 Å². The van der Waals surface area contributed by atoms with Crippen molar-refractivity contribution in [2.75, 3.05) is 3.12 Å². The van der Waals surface area contributed by atoms with E-state index in [4.69, 9.17) is 3.07 Å². The maximum absolute atomic E-state index is 7.91. The minimum atomic E-state index is -4.02. The van der Waals surface area contributed by atoms with Gasteiger partial charge in [0.2, 0.25) is 0 Å². The second-order valence-corrected chi connectivity index (χ2v) is 49.3. The van der Waals surface area contributed by atoms with E-state index in [0.29, 0.717) is 11.8 Å². The molecule has 1 heterocycles. The third-order valence-corrected chi connectivity index (χ3v) is 59.9. The van der Waals surface area contributed by atoms with Crippen LogP contribution in [0.1, 0.15) is 62.4 Å². The van der Waals surface area contributed by atoms with E-state index in [1.807, 2.05) is 0 Å². The summed E-state index contributed by atoms with van der Waals surface area (Å²) in [6.45, 7) is 40.6. The van der Waals surface area contributed by atoms with Crippen LogP contribution in [0.15, 0.2) is 48.5 Å². The predicted octanol–water partition coefficient (Wildman–Crippen LogP) is 9.85. The molecule has 1 aliphatic rings. The first-order chi connectivity index (χ1) is 18.1. The molecule has 0 amide bonds. The summed E-state index contributed by atoms with van der Waals surface area (Å²) in [4.78, 5) is 0. The number of anilines is 1. The SMILES string of the molecule is CC(C)c1cccc(C(C)C)c1[N]1C(c2ccccc2)[O][Sn]1([N]([Si](C)(C)C)[Si](C)(C)C)[N]([Si](C)(C)C)[Si](C)(C)C. The number of nitrogens with zero attached hydrogens (tertiary/aromatic N) is 3. The summed E-state index contributed by atoms with van der Waals surface area (Å²) >= 11 is -4.02. The molecule has 0 saturated carbocycles. The van der Waals surface area contributed by atoms with Gasteiger partial charge in [-0.1, -0.05) is 0 Å². The van der Waals surface area contributed by atoms with Crippen molar-refractivity contribution in [3.63, 3.8) is 0 Å². The Hall–Kier alpha value is -0.214. The molecule has 1 fully saturated rings. The van der Waals surface area contributed by atoms with Crippen LogP contribution in [0.5, 0.6) is 0 Å². The van der Waals surface area contributed by atoms with Gasteiger partial charge in [-0.15, -0.1) is 0 Å².